The van der Waals surface area contributed by atoms with Gasteiger partial charge in [0.15, 0.2) is 5.96 Å². The molecule has 24 heavy (non-hydrogen) atoms. The summed E-state index contributed by atoms with van der Waals surface area (Å²) >= 11 is 0. The van der Waals surface area contributed by atoms with Crippen molar-refractivity contribution in [3.05, 3.63) is 42.4 Å². The molecule has 8 heteroatoms. The molecule has 0 aliphatic heterocycles. The summed E-state index contributed by atoms with van der Waals surface area (Å²) in [6, 6.07) is 5.95. The molecule has 0 saturated heterocycles. The standard InChI is InChI=1S/C16H25N7.HI/c1-17-16(19-9-5-11-23-12-6-10-21-23)20-13-14-7-4-8-18-15(14)22(2)3;/h4,6-8,10,12H,5,9,11,13H2,1-3H3,(H2,17,19,20);1H. The maximum Gasteiger partial charge on any atom is 0.191 e. The number of nitrogens with zero attached hydrogens (tertiary/aromatic N) is 5. The quantitative estimate of drug-likeness (QED) is 0.295. The molecule has 2 aromatic rings. The molecule has 0 unspecified atom stereocenters. The first-order chi connectivity index (χ1) is 11.2. The number of aryl methyl sites for hydroxylation is 1. The fraction of sp³-hybridized carbons (Fsp3) is 0.438. The van der Waals surface area contributed by atoms with E-state index in [1.54, 1.807) is 19.4 Å². The minimum absolute atomic E-state index is 0. The molecule has 0 spiro atoms. The molecule has 0 aliphatic carbocycles. The molecule has 0 amide bonds. The predicted molar refractivity (Wildman–Crippen MR) is 109 cm³/mol. The first-order valence-electron chi connectivity index (χ1n) is 7.74. The van der Waals surface area contributed by atoms with E-state index in [1.807, 2.05) is 42.0 Å². The van der Waals surface area contributed by atoms with Crippen molar-refractivity contribution in [3.63, 3.8) is 0 Å². The van der Waals surface area contributed by atoms with Crippen LogP contribution in [0.3, 0.4) is 0 Å². The van der Waals surface area contributed by atoms with Crippen LogP contribution in [0.1, 0.15) is 12.0 Å². The minimum atomic E-state index is 0. The lowest BCUT2D eigenvalue weighted by Gasteiger charge is -2.17. The van der Waals surface area contributed by atoms with E-state index >= 15 is 0 Å². The van der Waals surface area contributed by atoms with E-state index in [2.05, 4.69) is 31.8 Å². The molecule has 0 atom stereocenters. The van der Waals surface area contributed by atoms with Crippen LogP contribution in [0.4, 0.5) is 5.82 Å². The number of halogens is 1. The van der Waals surface area contributed by atoms with Crippen molar-refractivity contribution in [1.82, 2.24) is 25.4 Å². The van der Waals surface area contributed by atoms with Crippen molar-refractivity contribution >= 4 is 35.8 Å². The van der Waals surface area contributed by atoms with Gasteiger partial charge in [-0.2, -0.15) is 5.10 Å². The first-order valence-corrected chi connectivity index (χ1v) is 7.74. The topological polar surface area (TPSA) is 70.4 Å². The molecule has 0 aliphatic rings. The third-order valence-electron chi connectivity index (χ3n) is 3.38. The summed E-state index contributed by atoms with van der Waals surface area (Å²) in [6.45, 7) is 2.41. The molecule has 0 saturated carbocycles. The smallest absolute Gasteiger partial charge is 0.191 e. The van der Waals surface area contributed by atoms with E-state index in [4.69, 9.17) is 0 Å². The van der Waals surface area contributed by atoms with Crippen molar-refractivity contribution in [2.45, 2.75) is 19.5 Å². The van der Waals surface area contributed by atoms with E-state index < -0.39 is 0 Å². The number of anilines is 1. The Bertz CT molecular complexity index is 611. The molecule has 2 rings (SSSR count). The highest BCUT2D eigenvalue weighted by Gasteiger charge is 2.06. The van der Waals surface area contributed by atoms with Crippen LogP contribution >= 0.6 is 24.0 Å². The lowest BCUT2D eigenvalue weighted by Crippen LogP contribution is -2.37. The van der Waals surface area contributed by atoms with Crippen LogP contribution in [0.5, 0.6) is 0 Å². The second-order valence-corrected chi connectivity index (χ2v) is 5.36. The highest BCUT2D eigenvalue weighted by molar-refractivity contribution is 14.0. The number of hydrogen-bond donors (Lipinski definition) is 2. The van der Waals surface area contributed by atoms with E-state index in [0.29, 0.717) is 6.54 Å². The largest absolute Gasteiger partial charge is 0.362 e. The molecule has 0 radical (unpaired) electrons. The Labute approximate surface area is 160 Å². The van der Waals surface area contributed by atoms with Gasteiger partial charge in [-0.3, -0.25) is 9.67 Å². The number of pyridine rings is 1. The molecule has 0 bridgehead atoms. The molecule has 2 aromatic heterocycles. The van der Waals surface area contributed by atoms with Crippen molar-refractivity contribution in [3.8, 4) is 0 Å². The van der Waals surface area contributed by atoms with Gasteiger partial charge in [0.2, 0.25) is 0 Å². The van der Waals surface area contributed by atoms with E-state index in [1.165, 1.54) is 0 Å². The summed E-state index contributed by atoms with van der Waals surface area (Å²) in [4.78, 5) is 10.7. The van der Waals surface area contributed by atoms with Gasteiger partial charge in [-0.15, -0.1) is 24.0 Å². The Balaban J connectivity index is 0.00000288. The Morgan fingerprint density at radius 3 is 2.75 bits per heavy atom. The monoisotopic (exact) mass is 443 g/mol. The Morgan fingerprint density at radius 2 is 2.08 bits per heavy atom. The fourth-order valence-corrected chi connectivity index (χ4v) is 2.25. The van der Waals surface area contributed by atoms with Crippen molar-refractivity contribution in [1.29, 1.82) is 0 Å². The van der Waals surface area contributed by atoms with E-state index in [9.17, 15) is 0 Å². The van der Waals surface area contributed by atoms with Crippen LogP contribution in [-0.2, 0) is 13.1 Å². The summed E-state index contributed by atoms with van der Waals surface area (Å²) in [5.74, 6) is 1.76. The minimum Gasteiger partial charge on any atom is -0.362 e. The Hall–Kier alpha value is -1.84. The number of rotatable bonds is 7. The molecule has 132 valence electrons. The van der Waals surface area contributed by atoms with Crippen LogP contribution in [0.25, 0.3) is 0 Å². The zero-order chi connectivity index (χ0) is 16.5. The van der Waals surface area contributed by atoms with Gasteiger partial charge in [0.1, 0.15) is 5.82 Å². The lowest BCUT2D eigenvalue weighted by atomic mass is 10.2. The lowest BCUT2D eigenvalue weighted by molar-refractivity contribution is 0.570. The second-order valence-electron chi connectivity index (χ2n) is 5.36. The molecule has 2 N–H and O–H groups in total. The van der Waals surface area contributed by atoms with Gasteiger partial charge >= 0.3 is 0 Å². The number of hydrogen-bond acceptors (Lipinski definition) is 4. The van der Waals surface area contributed by atoms with Crippen LogP contribution in [0, 0.1) is 0 Å². The summed E-state index contributed by atoms with van der Waals surface area (Å²) in [7, 11) is 5.77. The normalized spacial score (nSPS) is 10.9. The molecule has 7 nitrogen and oxygen atoms in total. The van der Waals surface area contributed by atoms with Crippen molar-refractivity contribution in [2.75, 3.05) is 32.6 Å². The van der Waals surface area contributed by atoms with Crippen LogP contribution in [-0.4, -0.2) is 48.4 Å². The zero-order valence-electron chi connectivity index (χ0n) is 14.4. The van der Waals surface area contributed by atoms with Gasteiger partial charge in [0, 0.05) is 64.9 Å². The third kappa shape index (κ3) is 6.34. The van der Waals surface area contributed by atoms with E-state index in [0.717, 1.165) is 36.9 Å². The highest BCUT2D eigenvalue weighted by atomic mass is 127. The maximum absolute atomic E-state index is 4.40. The molecular weight excluding hydrogens is 417 g/mol. The third-order valence-corrected chi connectivity index (χ3v) is 3.38. The molecule has 0 fully saturated rings. The molecule has 2 heterocycles. The fourth-order valence-electron chi connectivity index (χ4n) is 2.25. The maximum atomic E-state index is 4.40. The van der Waals surface area contributed by atoms with Crippen LogP contribution in [0.15, 0.2) is 41.8 Å². The average molecular weight is 443 g/mol. The van der Waals surface area contributed by atoms with Gasteiger partial charge in [-0.25, -0.2) is 4.98 Å². The van der Waals surface area contributed by atoms with Crippen molar-refractivity contribution in [2.24, 2.45) is 4.99 Å². The SMILES string of the molecule is CN=C(NCCCn1cccn1)NCc1cccnc1N(C)C.I. The molecule has 0 aromatic carbocycles. The van der Waals surface area contributed by atoms with Gasteiger partial charge in [-0.1, -0.05) is 6.07 Å². The second kappa shape index (κ2) is 10.8. The number of aliphatic imine (C=N–C) groups is 1. The van der Waals surface area contributed by atoms with E-state index in [-0.39, 0.29) is 24.0 Å². The van der Waals surface area contributed by atoms with Gasteiger partial charge < -0.3 is 15.5 Å². The van der Waals surface area contributed by atoms with Crippen LogP contribution in [0.2, 0.25) is 0 Å². The van der Waals surface area contributed by atoms with Gasteiger partial charge in [0.25, 0.3) is 0 Å². The van der Waals surface area contributed by atoms with Gasteiger partial charge in [0.05, 0.1) is 0 Å². The Morgan fingerprint density at radius 1 is 1.25 bits per heavy atom. The summed E-state index contributed by atoms with van der Waals surface area (Å²) < 4.78 is 1.93. The average Bonchev–Trinajstić information content (AvgIpc) is 3.07. The van der Waals surface area contributed by atoms with Crippen molar-refractivity contribution < 1.29 is 0 Å². The Kier molecular flexibility index (Phi) is 9.13. The van der Waals surface area contributed by atoms with Crippen LogP contribution < -0.4 is 15.5 Å². The number of nitrogens with one attached hydrogen (secondary N) is 2. The summed E-state index contributed by atoms with van der Waals surface area (Å²) in [5, 5.41) is 10.8. The number of guanidine groups is 1. The first kappa shape index (κ1) is 20.2. The van der Waals surface area contributed by atoms with Gasteiger partial charge in [-0.05, 0) is 18.6 Å². The molecular formula is C16H26IN7. The summed E-state index contributed by atoms with van der Waals surface area (Å²) in [5.41, 5.74) is 1.14. The number of aromatic nitrogens is 3. The predicted octanol–water partition coefficient (Wildman–Crippen LogP) is 1.72. The summed E-state index contributed by atoms with van der Waals surface area (Å²) in [6.07, 6.45) is 6.56. The zero-order valence-corrected chi connectivity index (χ0v) is 16.8. The highest BCUT2D eigenvalue weighted by Crippen LogP contribution is 2.13.